The molecule has 0 bridgehead atoms. The Kier molecular flexibility index (Phi) is 10.9. The SMILES string of the molecule is CC(C)CC(NNC(=O)NC(CCC(=O)OC(C)(C)C)C(=O)OC(C)(C)C)=C1C(=O)CC(C)(C)CC1=O. The fraction of sp³-hybridized carbons (Fsp3) is 0.741. The summed E-state index contributed by atoms with van der Waals surface area (Å²) in [4.78, 5) is 63.2. The zero-order valence-electron chi connectivity index (χ0n) is 24.0. The van der Waals surface area contributed by atoms with Crippen molar-refractivity contribution in [3.8, 4) is 0 Å². The molecule has 0 saturated heterocycles. The Morgan fingerprint density at radius 1 is 0.892 bits per heavy atom. The van der Waals surface area contributed by atoms with Crippen LogP contribution in [-0.2, 0) is 28.7 Å². The molecule has 2 amide bonds. The zero-order chi connectivity index (χ0) is 28.8. The molecule has 0 radical (unpaired) electrons. The minimum atomic E-state index is -1.13. The largest absolute Gasteiger partial charge is 0.460 e. The Morgan fingerprint density at radius 2 is 1.41 bits per heavy atom. The van der Waals surface area contributed by atoms with Crippen LogP contribution in [0.4, 0.5) is 4.79 Å². The third kappa shape index (κ3) is 12.3. The van der Waals surface area contributed by atoms with Gasteiger partial charge in [-0.05, 0) is 65.7 Å². The minimum absolute atomic E-state index is 0.0385. The molecule has 10 nitrogen and oxygen atoms in total. The van der Waals surface area contributed by atoms with Gasteiger partial charge in [0.2, 0.25) is 0 Å². The highest BCUT2D eigenvalue weighted by atomic mass is 16.6. The van der Waals surface area contributed by atoms with Crippen LogP contribution in [0.3, 0.4) is 0 Å². The molecule has 1 saturated carbocycles. The van der Waals surface area contributed by atoms with Crippen molar-refractivity contribution in [2.45, 2.75) is 119 Å². The van der Waals surface area contributed by atoms with Crippen LogP contribution in [0, 0.1) is 11.3 Å². The van der Waals surface area contributed by atoms with E-state index in [1.807, 2.05) is 27.7 Å². The molecule has 0 aliphatic heterocycles. The molecule has 0 aromatic rings. The van der Waals surface area contributed by atoms with Crippen molar-refractivity contribution in [3.05, 3.63) is 11.3 Å². The standard InChI is InChI=1S/C27H45N3O7/c1-16(2)13-18(22-19(31)14-27(9,10)15-20(22)32)29-30-24(35)28-17(23(34)37-26(6,7)8)11-12-21(33)36-25(3,4)5/h16-17,29H,11-15H2,1-10H3,(H2,28,30,35). The molecule has 1 aliphatic carbocycles. The van der Waals surface area contributed by atoms with Gasteiger partial charge in [-0.3, -0.25) is 19.8 Å². The number of amides is 2. The fourth-order valence-corrected chi connectivity index (χ4v) is 3.83. The van der Waals surface area contributed by atoms with Crippen LogP contribution in [0.15, 0.2) is 11.3 Å². The van der Waals surface area contributed by atoms with Gasteiger partial charge in [-0.2, -0.15) is 0 Å². The van der Waals surface area contributed by atoms with E-state index in [0.29, 0.717) is 12.1 Å². The number of ether oxygens (including phenoxy) is 2. The van der Waals surface area contributed by atoms with E-state index in [4.69, 9.17) is 9.47 Å². The molecule has 37 heavy (non-hydrogen) atoms. The lowest BCUT2D eigenvalue weighted by atomic mass is 9.73. The van der Waals surface area contributed by atoms with Crippen LogP contribution in [0.2, 0.25) is 0 Å². The highest BCUT2D eigenvalue weighted by Crippen LogP contribution is 2.35. The van der Waals surface area contributed by atoms with Crippen LogP contribution in [0.25, 0.3) is 0 Å². The van der Waals surface area contributed by atoms with E-state index in [2.05, 4.69) is 16.2 Å². The molecule has 0 aromatic heterocycles. The summed E-state index contributed by atoms with van der Waals surface area (Å²) < 4.78 is 10.7. The Labute approximate surface area is 220 Å². The second-order valence-corrected chi connectivity index (χ2v) is 12.8. The predicted octanol–water partition coefficient (Wildman–Crippen LogP) is 3.88. The molecule has 1 rings (SSSR count). The van der Waals surface area contributed by atoms with Gasteiger partial charge in [-0.25, -0.2) is 9.59 Å². The van der Waals surface area contributed by atoms with Gasteiger partial charge in [-0.1, -0.05) is 27.7 Å². The summed E-state index contributed by atoms with van der Waals surface area (Å²) in [5.41, 5.74) is 3.66. The van der Waals surface area contributed by atoms with Gasteiger partial charge >= 0.3 is 18.0 Å². The first-order valence-electron chi connectivity index (χ1n) is 12.8. The van der Waals surface area contributed by atoms with Crippen LogP contribution >= 0.6 is 0 Å². The fourth-order valence-electron chi connectivity index (χ4n) is 3.83. The van der Waals surface area contributed by atoms with E-state index < -0.39 is 40.6 Å². The molecule has 0 heterocycles. The first kappa shape index (κ1) is 32.1. The number of Topliss-reactive ketones (excluding diaryl/α,β-unsaturated/α-hetero) is 2. The smallest absolute Gasteiger partial charge is 0.334 e. The number of hydrazine groups is 1. The minimum Gasteiger partial charge on any atom is -0.460 e. The van der Waals surface area contributed by atoms with E-state index >= 15 is 0 Å². The van der Waals surface area contributed by atoms with Gasteiger partial charge < -0.3 is 20.2 Å². The quantitative estimate of drug-likeness (QED) is 0.179. The summed E-state index contributed by atoms with van der Waals surface area (Å²) in [6.07, 6.45) is 0.672. The first-order chi connectivity index (χ1) is 16.7. The predicted molar refractivity (Wildman–Crippen MR) is 139 cm³/mol. The van der Waals surface area contributed by atoms with Crippen molar-refractivity contribution in [1.29, 1.82) is 0 Å². The Hall–Kier alpha value is -2.91. The lowest BCUT2D eigenvalue weighted by molar-refractivity contribution is -0.158. The molecule has 1 unspecified atom stereocenters. The van der Waals surface area contributed by atoms with Crippen molar-refractivity contribution in [3.63, 3.8) is 0 Å². The topological polar surface area (TPSA) is 140 Å². The molecule has 3 N–H and O–H groups in total. The van der Waals surface area contributed by atoms with E-state index in [0.717, 1.165) is 0 Å². The molecule has 1 aliphatic rings. The lowest BCUT2D eigenvalue weighted by Crippen LogP contribution is -2.52. The van der Waals surface area contributed by atoms with Gasteiger partial charge in [0.15, 0.2) is 11.6 Å². The van der Waals surface area contributed by atoms with E-state index in [1.54, 1.807) is 41.5 Å². The molecule has 0 spiro atoms. The summed E-state index contributed by atoms with van der Waals surface area (Å²) in [7, 11) is 0. The second-order valence-electron chi connectivity index (χ2n) is 12.8. The molecule has 210 valence electrons. The van der Waals surface area contributed by atoms with Crippen molar-refractivity contribution >= 4 is 29.5 Å². The highest BCUT2D eigenvalue weighted by Gasteiger charge is 2.37. The van der Waals surface area contributed by atoms with Crippen LogP contribution < -0.4 is 16.2 Å². The highest BCUT2D eigenvalue weighted by molar-refractivity contribution is 6.22. The average molecular weight is 524 g/mol. The number of carbonyl (C=O) groups is 5. The Morgan fingerprint density at radius 3 is 1.86 bits per heavy atom. The van der Waals surface area contributed by atoms with E-state index in [9.17, 15) is 24.0 Å². The number of rotatable bonds is 9. The number of esters is 2. The summed E-state index contributed by atoms with van der Waals surface area (Å²) in [6.45, 7) is 17.9. The first-order valence-corrected chi connectivity index (χ1v) is 12.8. The molecule has 1 fully saturated rings. The van der Waals surface area contributed by atoms with Crippen molar-refractivity contribution in [1.82, 2.24) is 16.2 Å². The maximum atomic E-state index is 12.8. The van der Waals surface area contributed by atoms with E-state index in [-0.39, 0.29) is 48.7 Å². The molecular weight excluding hydrogens is 478 g/mol. The molecule has 0 aromatic carbocycles. The number of nitrogens with one attached hydrogen (secondary N) is 3. The number of allylic oxidation sites excluding steroid dienone is 2. The van der Waals surface area contributed by atoms with Crippen LogP contribution in [0.1, 0.15) is 101 Å². The van der Waals surface area contributed by atoms with Crippen LogP contribution in [0.5, 0.6) is 0 Å². The lowest BCUT2D eigenvalue weighted by Gasteiger charge is -2.30. The van der Waals surface area contributed by atoms with Gasteiger partial charge in [0.1, 0.15) is 17.2 Å². The Balaban J connectivity index is 3.00. The number of urea groups is 1. The average Bonchev–Trinajstić information content (AvgIpc) is 2.64. The van der Waals surface area contributed by atoms with Gasteiger partial charge in [0.25, 0.3) is 0 Å². The number of hydrogen-bond acceptors (Lipinski definition) is 8. The second kappa shape index (κ2) is 12.6. The maximum Gasteiger partial charge on any atom is 0.334 e. The monoisotopic (exact) mass is 523 g/mol. The number of hydrogen-bond donors (Lipinski definition) is 3. The third-order valence-corrected chi connectivity index (χ3v) is 5.13. The summed E-state index contributed by atoms with van der Waals surface area (Å²) in [5, 5.41) is 2.52. The zero-order valence-corrected chi connectivity index (χ0v) is 24.0. The molecule has 10 heteroatoms. The maximum absolute atomic E-state index is 12.8. The molecule has 1 atom stereocenters. The van der Waals surface area contributed by atoms with Crippen molar-refractivity contribution < 1.29 is 33.4 Å². The van der Waals surface area contributed by atoms with E-state index in [1.165, 1.54) is 0 Å². The van der Waals surface area contributed by atoms with Crippen molar-refractivity contribution in [2.24, 2.45) is 11.3 Å². The summed E-state index contributed by atoms with van der Waals surface area (Å²) >= 11 is 0. The normalized spacial score (nSPS) is 16.7. The summed E-state index contributed by atoms with van der Waals surface area (Å²) in [5.74, 6) is -1.65. The number of carbonyl (C=O) groups excluding carboxylic acids is 5. The third-order valence-electron chi connectivity index (χ3n) is 5.13. The van der Waals surface area contributed by atoms with Crippen LogP contribution in [-0.4, -0.2) is 46.8 Å². The van der Waals surface area contributed by atoms with Crippen molar-refractivity contribution in [2.75, 3.05) is 0 Å². The molecular formula is C27H45N3O7. The van der Waals surface area contributed by atoms with Gasteiger partial charge in [-0.15, -0.1) is 0 Å². The summed E-state index contributed by atoms with van der Waals surface area (Å²) in [6, 6.07) is -1.91. The van der Waals surface area contributed by atoms with Gasteiger partial charge in [0, 0.05) is 25.0 Å². The van der Waals surface area contributed by atoms with Gasteiger partial charge in [0.05, 0.1) is 5.57 Å². The number of ketones is 2. The Bertz CT molecular complexity index is 899.